The van der Waals surface area contributed by atoms with E-state index in [1.165, 1.54) is 45.3 Å². The first kappa shape index (κ1) is 16.8. The molecule has 2 heterocycles. The second-order valence-electron chi connectivity index (χ2n) is 7.50. The standard InChI is InChI=1S/C17H33N3O/c1-15(2)12-16(21)20-11-7-17(14-20)6-10-19(13-17)9-5-4-8-18-3/h15,18H,4-14H2,1-3H3. The largest absolute Gasteiger partial charge is 0.342 e. The minimum absolute atomic E-state index is 0.370. The summed E-state index contributed by atoms with van der Waals surface area (Å²) in [6.45, 7) is 11.0. The highest BCUT2D eigenvalue weighted by Gasteiger charge is 2.44. The lowest BCUT2D eigenvalue weighted by Crippen LogP contribution is -2.34. The van der Waals surface area contributed by atoms with Gasteiger partial charge in [-0.15, -0.1) is 0 Å². The molecule has 4 nitrogen and oxygen atoms in total. The summed E-state index contributed by atoms with van der Waals surface area (Å²) < 4.78 is 0. The van der Waals surface area contributed by atoms with E-state index in [0.29, 0.717) is 23.7 Å². The molecule has 1 amide bonds. The lowest BCUT2D eigenvalue weighted by molar-refractivity contribution is -0.131. The molecule has 1 atom stereocenters. The van der Waals surface area contributed by atoms with Gasteiger partial charge < -0.3 is 15.1 Å². The summed E-state index contributed by atoms with van der Waals surface area (Å²) in [6.07, 6.45) is 5.75. The monoisotopic (exact) mass is 295 g/mol. The van der Waals surface area contributed by atoms with Crippen molar-refractivity contribution in [2.75, 3.05) is 46.3 Å². The normalized spacial score (nSPS) is 26.4. The number of nitrogens with zero attached hydrogens (tertiary/aromatic N) is 2. The van der Waals surface area contributed by atoms with Crippen LogP contribution in [-0.2, 0) is 4.79 Å². The van der Waals surface area contributed by atoms with E-state index in [1.807, 2.05) is 7.05 Å². The number of unbranched alkanes of at least 4 members (excludes halogenated alkanes) is 1. The van der Waals surface area contributed by atoms with Crippen LogP contribution in [0.25, 0.3) is 0 Å². The Labute approximate surface area is 130 Å². The van der Waals surface area contributed by atoms with Crippen molar-refractivity contribution in [2.24, 2.45) is 11.3 Å². The van der Waals surface area contributed by atoms with Gasteiger partial charge in [-0.3, -0.25) is 4.79 Å². The van der Waals surface area contributed by atoms with E-state index >= 15 is 0 Å². The van der Waals surface area contributed by atoms with Crippen molar-refractivity contribution in [1.82, 2.24) is 15.1 Å². The molecule has 1 spiro atoms. The molecule has 2 aliphatic heterocycles. The molecule has 0 saturated carbocycles. The zero-order valence-electron chi connectivity index (χ0n) is 14.2. The SMILES string of the molecule is CNCCCCN1CCC2(CCN(C(=O)CC(C)C)C2)C1. The van der Waals surface area contributed by atoms with Crippen LogP contribution in [0.15, 0.2) is 0 Å². The van der Waals surface area contributed by atoms with Gasteiger partial charge in [-0.05, 0) is 58.3 Å². The molecule has 2 rings (SSSR count). The molecule has 0 aromatic carbocycles. The molecular weight excluding hydrogens is 262 g/mol. The number of carbonyl (C=O) groups excluding carboxylic acids is 1. The number of carbonyl (C=O) groups is 1. The molecule has 2 aliphatic rings. The molecule has 1 N–H and O–H groups in total. The number of nitrogens with one attached hydrogen (secondary N) is 1. The predicted octanol–water partition coefficient (Wildman–Crippen LogP) is 1.96. The topological polar surface area (TPSA) is 35.6 Å². The van der Waals surface area contributed by atoms with Gasteiger partial charge in [-0.2, -0.15) is 0 Å². The van der Waals surface area contributed by atoms with Crippen LogP contribution in [0.4, 0.5) is 0 Å². The Hall–Kier alpha value is -0.610. The molecule has 0 aromatic heterocycles. The van der Waals surface area contributed by atoms with E-state index < -0.39 is 0 Å². The van der Waals surface area contributed by atoms with Crippen molar-refractivity contribution < 1.29 is 4.79 Å². The zero-order chi connectivity index (χ0) is 15.3. The van der Waals surface area contributed by atoms with Gasteiger partial charge in [0.25, 0.3) is 0 Å². The van der Waals surface area contributed by atoms with E-state index in [0.717, 1.165) is 19.6 Å². The summed E-state index contributed by atoms with van der Waals surface area (Å²) in [7, 11) is 2.02. The molecular formula is C17H33N3O. The highest BCUT2D eigenvalue weighted by atomic mass is 16.2. The average Bonchev–Trinajstić information content (AvgIpc) is 3.02. The van der Waals surface area contributed by atoms with Crippen LogP contribution in [0.5, 0.6) is 0 Å². The Morgan fingerprint density at radius 2 is 1.95 bits per heavy atom. The molecule has 1 unspecified atom stereocenters. The third-order valence-corrected chi connectivity index (χ3v) is 5.04. The Balaban J connectivity index is 1.74. The number of amides is 1. The van der Waals surface area contributed by atoms with Gasteiger partial charge in [0, 0.05) is 31.5 Å². The van der Waals surface area contributed by atoms with Gasteiger partial charge in [0.1, 0.15) is 0 Å². The van der Waals surface area contributed by atoms with Crippen LogP contribution in [0, 0.1) is 11.3 Å². The average molecular weight is 295 g/mol. The predicted molar refractivity (Wildman–Crippen MR) is 87.3 cm³/mol. The van der Waals surface area contributed by atoms with Crippen LogP contribution in [0.2, 0.25) is 0 Å². The maximum absolute atomic E-state index is 12.2. The second kappa shape index (κ2) is 7.59. The van der Waals surface area contributed by atoms with Crippen molar-refractivity contribution in [3.05, 3.63) is 0 Å². The van der Waals surface area contributed by atoms with Gasteiger partial charge in [0.15, 0.2) is 0 Å². The number of hydrogen-bond acceptors (Lipinski definition) is 3. The third kappa shape index (κ3) is 4.68. The molecule has 4 heteroatoms. The van der Waals surface area contributed by atoms with Crippen LogP contribution in [0.3, 0.4) is 0 Å². The van der Waals surface area contributed by atoms with Gasteiger partial charge >= 0.3 is 0 Å². The van der Waals surface area contributed by atoms with Crippen LogP contribution < -0.4 is 5.32 Å². The fourth-order valence-electron chi connectivity index (χ4n) is 3.82. The Kier molecular flexibility index (Phi) is 6.06. The van der Waals surface area contributed by atoms with Crippen molar-refractivity contribution in [3.8, 4) is 0 Å². The molecule has 21 heavy (non-hydrogen) atoms. The van der Waals surface area contributed by atoms with Crippen molar-refractivity contribution in [3.63, 3.8) is 0 Å². The lowest BCUT2D eigenvalue weighted by atomic mass is 9.86. The smallest absolute Gasteiger partial charge is 0.222 e. The van der Waals surface area contributed by atoms with Crippen LogP contribution >= 0.6 is 0 Å². The van der Waals surface area contributed by atoms with Crippen LogP contribution in [0.1, 0.15) is 46.0 Å². The Bertz CT molecular complexity index is 345. The van der Waals surface area contributed by atoms with E-state index in [2.05, 4.69) is 29.0 Å². The third-order valence-electron chi connectivity index (χ3n) is 5.04. The van der Waals surface area contributed by atoms with Crippen molar-refractivity contribution in [1.29, 1.82) is 0 Å². The van der Waals surface area contributed by atoms with Crippen LogP contribution in [-0.4, -0.2) is 62.0 Å². The molecule has 2 fully saturated rings. The Morgan fingerprint density at radius 1 is 1.19 bits per heavy atom. The van der Waals surface area contributed by atoms with E-state index in [4.69, 9.17) is 0 Å². The van der Waals surface area contributed by atoms with Crippen molar-refractivity contribution >= 4 is 5.91 Å². The summed E-state index contributed by atoms with van der Waals surface area (Å²) in [5, 5.41) is 3.21. The fourth-order valence-corrected chi connectivity index (χ4v) is 3.82. The van der Waals surface area contributed by atoms with Gasteiger partial charge in [0.05, 0.1) is 0 Å². The summed E-state index contributed by atoms with van der Waals surface area (Å²) in [5.74, 6) is 0.843. The second-order valence-corrected chi connectivity index (χ2v) is 7.50. The maximum Gasteiger partial charge on any atom is 0.222 e. The molecule has 0 aromatic rings. The fraction of sp³-hybridized carbons (Fsp3) is 0.941. The molecule has 0 radical (unpaired) electrons. The highest BCUT2D eigenvalue weighted by Crippen LogP contribution is 2.39. The van der Waals surface area contributed by atoms with E-state index in [9.17, 15) is 4.79 Å². The highest BCUT2D eigenvalue weighted by molar-refractivity contribution is 5.76. The summed E-state index contributed by atoms with van der Waals surface area (Å²) >= 11 is 0. The van der Waals surface area contributed by atoms with Gasteiger partial charge in [-0.1, -0.05) is 13.8 Å². The van der Waals surface area contributed by atoms with Crippen molar-refractivity contribution in [2.45, 2.75) is 46.0 Å². The first-order chi connectivity index (χ1) is 10.0. The molecule has 0 aliphatic carbocycles. The zero-order valence-corrected chi connectivity index (χ0v) is 14.2. The Morgan fingerprint density at radius 3 is 2.67 bits per heavy atom. The molecule has 2 saturated heterocycles. The lowest BCUT2D eigenvalue weighted by Gasteiger charge is -2.25. The number of rotatable bonds is 7. The van der Waals surface area contributed by atoms with Gasteiger partial charge in [-0.25, -0.2) is 0 Å². The first-order valence-corrected chi connectivity index (χ1v) is 8.69. The quantitative estimate of drug-likeness (QED) is 0.729. The summed E-state index contributed by atoms with van der Waals surface area (Å²) in [6, 6.07) is 0. The number of hydrogen-bond donors (Lipinski definition) is 1. The minimum Gasteiger partial charge on any atom is -0.342 e. The summed E-state index contributed by atoms with van der Waals surface area (Å²) in [5.41, 5.74) is 0.412. The van der Waals surface area contributed by atoms with E-state index in [-0.39, 0.29) is 0 Å². The van der Waals surface area contributed by atoms with Gasteiger partial charge in [0.2, 0.25) is 5.91 Å². The first-order valence-electron chi connectivity index (χ1n) is 8.69. The number of likely N-dealkylation sites (tertiary alicyclic amines) is 2. The summed E-state index contributed by atoms with van der Waals surface area (Å²) in [4.78, 5) is 17.0. The molecule has 122 valence electrons. The van der Waals surface area contributed by atoms with E-state index in [1.54, 1.807) is 0 Å². The minimum atomic E-state index is 0.370. The molecule has 0 bridgehead atoms. The maximum atomic E-state index is 12.2.